The van der Waals surface area contributed by atoms with E-state index in [0.717, 1.165) is 12.1 Å². The number of terminal acetylenes is 4. The molecule has 0 unspecified atom stereocenters. The highest BCUT2D eigenvalue weighted by Crippen LogP contribution is 2.22. The van der Waals surface area contributed by atoms with Crippen molar-refractivity contribution in [2.24, 2.45) is 0 Å². The fourth-order valence-electron chi connectivity index (χ4n) is 3.44. The van der Waals surface area contributed by atoms with Crippen LogP contribution in [0.3, 0.4) is 0 Å². The van der Waals surface area contributed by atoms with Crippen molar-refractivity contribution >= 4 is 35.1 Å². The predicted molar refractivity (Wildman–Crippen MR) is 141 cm³/mol. The summed E-state index contributed by atoms with van der Waals surface area (Å²) in [4.78, 5) is 48.9. The number of anilines is 2. The summed E-state index contributed by atoms with van der Waals surface area (Å²) in [6.07, 6.45) is 21.6. The number of benzene rings is 3. The first kappa shape index (κ1) is 26.4. The lowest BCUT2D eigenvalue weighted by atomic mass is 9.98. The van der Waals surface area contributed by atoms with Gasteiger partial charge in [-0.3, -0.25) is 9.59 Å². The quantitative estimate of drug-likeness (QED) is 0.383. The molecular formula is C30H16N2O6. The van der Waals surface area contributed by atoms with E-state index in [4.69, 9.17) is 25.7 Å². The molecule has 3 aromatic rings. The van der Waals surface area contributed by atoms with Crippen LogP contribution in [0, 0.1) is 49.4 Å². The minimum absolute atomic E-state index is 0.163. The van der Waals surface area contributed by atoms with Crippen LogP contribution in [0.1, 0.15) is 63.7 Å². The first-order valence-corrected chi connectivity index (χ1v) is 10.5. The summed E-state index contributed by atoms with van der Waals surface area (Å²) in [7, 11) is 0. The molecule has 0 aromatic heterocycles. The Kier molecular flexibility index (Phi) is 7.65. The number of hydrogen-bond acceptors (Lipinski definition) is 4. The Hall–Kier alpha value is -6.22. The first-order valence-electron chi connectivity index (χ1n) is 10.5. The lowest BCUT2D eigenvalue weighted by Gasteiger charge is -2.12. The van der Waals surface area contributed by atoms with Crippen LogP contribution in [0.25, 0.3) is 0 Å². The van der Waals surface area contributed by atoms with Gasteiger partial charge in [-0.15, -0.1) is 25.7 Å². The van der Waals surface area contributed by atoms with E-state index in [1.807, 2.05) is 0 Å². The van der Waals surface area contributed by atoms with Gasteiger partial charge in [0.1, 0.15) is 0 Å². The Morgan fingerprint density at radius 1 is 0.526 bits per heavy atom. The molecule has 38 heavy (non-hydrogen) atoms. The molecule has 8 heteroatoms. The van der Waals surface area contributed by atoms with Crippen LogP contribution in [-0.4, -0.2) is 34.0 Å². The van der Waals surface area contributed by atoms with Gasteiger partial charge in [-0.05, 0) is 48.5 Å². The molecule has 0 heterocycles. The molecule has 0 radical (unpaired) electrons. The number of hydrogen-bond donors (Lipinski definition) is 4. The van der Waals surface area contributed by atoms with Gasteiger partial charge in [0, 0.05) is 33.6 Å². The number of aromatic carboxylic acids is 2. The molecule has 0 saturated carbocycles. The van der Waals surface area contributed by atoms with Crippen molar-refractivity contribution in [2.45, 2.75) is 0 Å². The zero-order chi connectivity index (χ0) is 28.0. The number of nitrogens with one attached hydrogen (secondary N) is 2. The summed E-state index contributed by atoms with van der Waals surface area (Å²) in [5.74, 6) is 5.00. The molecule has 8 nitrogen and oxygen atoms in total. The zero-order valence-corrected chi connectivity index (χ0v) is 19.5. The highest BCUT2D eigenvalue weighted by molar-refractivity contribution is 6.12. The molecule has 0 fully saturated rings. The van der Waals surface area contributed by atoms with Crippen molar-refractivity contribution in [3.05, 3.63) is 93.0 Å². The average Bonchev–Trinajstić information content (AvgIpc) is 2.92. The second-order valence-corrected chi connectivity index (χ2v) is 7.56. The maximum absolute atomic E-state index is 12.8. The molecule has 0 saturated heterocycles. The highest BCUT2D eigenvalue weighted by atomic mass is 16.4. The Morgan fingerprint density at radius 2 is 0.789 bits per heavy atom. The molecule has 0 aliphatic rings. The molecule has 0 aliphatic carbocycles. The van der Waals surface area contributed by atoms with Crippen LogP contribution in [-0.2, 0) is 0 Å². The Labute approximate surface area is 217 Å². The lowest BCUT2D eigenvalue weighted by molar-refractivity contribution is 0.0683. The molecule has 0 aliphatic heterocycles. The second-order valence-electron chi connectivity index (χ2n) is 7.56. The predicted octanol–water partition coefficient (Wildman–Crippen LogP) is 3.51. The topological polar surface area (TPSA) is 133 Å². The van der Waals surface area contributed by atoms with Crippen LogP contribution in [0.2, 0.25) is 0 Å². The smallest absolute Gasteiger partial charge is 0.336 e. The van der Waals surface area contributed by atoms with Gasteiger partial charge in [-0.2, -0.15) is 0 Å². The summed E-state index contributed by atoms with van der Waals surface area (Å²) in [6, 6.07) is 10.5. The van der Waals surface area contributed by atoms with Gasteiger partial charge in [0.05, 0.1) is 22.3 Å². The molecule has 2 amide bonds. The second kappa shape index (κ2) is 11.0. The van der Waals surface area contributed by atoms with Gasteiger partial charge in [0.2, 0.25) is 0 Å². The van der Waals surface area contributed by atoms with E-state index < -0.39 is 23.8 Å². The van der Waals surface area contributed by atoms with Crippen LogP contribution < -0.4 is 10.6 Å². The molecule has 4 N–H and O–H groups in total. The molecule has 0 bridgehead atoms. The number of amides is 2. The largest absolute Gasteiger partial charge is 0.478 e. The molecule has 3 rings (SSSR count). The number of rotatable bonds is 6. The SMILES string of the molecule is C#Cc1cc(C(=O)O)c(C(=O)Nc2ccc(NC(=O)c3cc(C#C)c(C#C)cc3C(=O)O)cc2)cc1C#C. The lowest BCUT2D eigenvalue weighted by Crippen LogP contribution is -2.18. The summed E-state index contributed by atoms with van der Waals surface area (Å²) < 4.78 is 0. The number of carbonyl (C=O) groups is 4. The Bertz CT molecular complexity index is 1560. The van der Waals surface area contributed by atoms with Crippen molar-refractivity contribution in [3.63, 3.8) is 0 Å². The van der Waals surface area contributed by atoms with Gasteiger partial charge >= 0.3 is 11.9 Å². The molecule has 0 spiro atoms. The molecule has 3 aromatic carbocycles. The van der Waals surface area contributed by atoms with Gasteiger partial charge in [0.25, 0.3) is 11.8 Å². The minimum Gasteiger partial charge on any atom is -0.478 e. The van der Waals surface area contributed by atoms with Gasteiger partial charge < -0.3 is 20.8 Å². The fraction of sp³-hybridized carbons (Fsp3) is 0. The van der Waals surface area contributed by atoms with Crippen LogP contribution >= 0.6 is 0 Å². The van der Waals surface area contributed by atoms with Crippen molar-refractivity contribution < 1.29 is 29.4 Å². The molecule has 182 valence electrons. The molecule has 0 atom stereocenters. The summed E-state index contributed by atoms with van der Waals surface area (Å²) in [5, 5.41) is 24.1. The highest BCUT2D eigenvalue weighted by Gasteiger charge is 2.21. The van der Waals surface area contributed by atoms with Gasteiger partial charge in [0.15, 0.2) is 0 Å². The number of carbonyl (C=O) groups excluding carboxylic acids is 2. The summed E-state index contributed by atoms with van der Waals surface area (Å²) in [5.41, 5.74) is 0.204. The maximum atomic E-state index is 12.8. The van der Waals surface area contributed by atoms with E-state index in [1.165, 1.54) is 36.4 Å². The Morgan fingerprint density at radius 3 is 1.03 bits per heavy atom. The van der Waals surface area contributed by atoms with Crippen molar-refractivity contribution in [3.8, 4) is 49.4 Å². The maximum Gasteiger partial charge on any atom is 0.336 e. The van der Waals surface area contributed by atoms with E-state index in [0.29, 0.717) is 0 Å². The van der Waals surface area contributed by atoms with E-state index in [-0.39, 0.29) is 55.9 Å². The summed E-state index contributed by atoms with van der Waals surface area (Å²) in [6.45, 7) is 0. The normalized spacial score (nSPS) is 9.58. The third-order valence-electron chi connectivity index (χ3n) is 5.29. The molecular weight excluding hydrogens is 484 g/mol. The van der Waals surface area contributed by atoms with E-state index in [2.05, 4.69) is 34.3 Å². The average molecular weight is 500 g/mol. The standard InChI is InChI=1S/C30H16N2O6/c1-5-17-13-23(25(29(35)36)15-19(17)7-3)27(33)31-21-9-11-22(12-10-21)32-28(34)24-14-18(6-2)20(8-4)16-26(24)30(37)38/h1-4,9-16H,(H,31,33)(H,32,34)(H,35,36)(H,37,38). The minimum atomic E-state index is -1.36. The van der Waals surface area contributed by atoms with Crippen molar-refractivity contribution in [1.29, 1.82) is 0 Å². The zero-order valence-electron chi connectivity index (χ0n) is 19.5. The number of carboxylic acids is 2. The van der Waals surface area contributed by atoms with E-state index >= 15 is 0 Å². The van der Waals surface area contributed by atoms with Crippen molar-refractivity contribution in [2.75, 3.05) is 10.6 Å². The van der Waals surface area contributed by atoms with Crippen LogP contribution in [0.15, 0.2) is 48.5 Å². The first-order chi connectivity index (χ1) is 18.1. The van der Waals surface area contributed by atoms with E-state index in [9.17, 15) is 29.4 Å². The van der Waals surface area contributed by atoms with E-state index in [1.54, 1.807) is 0 Å². The van der Waals surface area contributed by atoms with Crippen LogP contribution in [0.4, 0.5) is 11.4 Å². The van der Waals surface area contributed by atoms with Crippen LogP contribution in [0.5, 0.6) is 0 Å². The summed E-state index contributed by atoms with van der Waals surface area (Å²) >= 11 is 0. The third-order valence-corrected chi connectivity index (χ3v) is 5.29. The van der Waals surface area contributed by atoms with Gasteiger partial charge in [-0.25, -0.2) is 9.59 Å². The Balaban J connectivity index is 1.85. The number of carboxylic acid groups (broad SMARTS) is 2. The third kappa shape index (κ3) is 5.37. The van der Waals surface area contributed by atoms with Gasteiger partial charge in [-0.1, -0.05) is 23.7 Å². The van der Waals surface area contributed by atoms with Crippen molar-refractivity contribution in [1.82, 2.24) is 0 Å². The monoisotopic (exact) mass is 500 g/mol. The fourth-order valence-corrected chi connectivity index (χ4v) is 3.44.